The van der Waals surface area contributed by atoms with Crippen molar-refractivity contribution < 1.29 is 14.7 Å². The van der Waals surface area contributed by atoms with E-state index < -0.39 is 0 Å². The van der Waals surface area contributed by atoms with Gasteiger partial charge in [-0.05, 0) is 68.8 Å². The Kier molecular flexibility index (Phi) is 5.62. The molecule has 7 rings (SSSR count). The molecule has 1 aromatic rings. The van der Waals surface area contributed by atoms with Gasteiger partial charge in [0.2, 0.25) is 11.9 Å². The van der Waals surface area contributed by atoms with Crippen LogP contribution < -0.4 is 10.2 Å². The number of hydrogen-bond donors (Lipinski definition) is 2. The molecule has 4 saturated carbocycles. The predicted molar refractivity (Wildman–Crippen MR) is 126 cm³/mol. The Morgan fingerprint density at radius 2 is 1.68 bits per heavy atom. The topological polar surface area (TPSA) is 102 Å². The number of aliphatic hydroxyl groups excluding tert-OH is 1. The van der Waals surface area contributed by atoms with Crippen molar-refractivity contribution in [3.05, 3.63) is 18.5 Å². The highest BCUT2D eigenvalue weighted by Crippen LogP contribution is 2.60. The standard InChI is InChI=1S/C25H36N6O3/c32-21-18-11-17-12-19(21)15-25(13-17,14-18)22(33)28-20-3-1-6-31(16-20)24(34)30-9-7-29(8-10-30)23-26-4-2-5-27-23/h2,4-5,17-21,32H,1,3,6-16H2,(H,28,33)/t17?,18-,19?,20+,21?,25?/m1/s1. The molecule has 0 aromatic carbocycles. The zero-order valence-electron chi connectivity index (χ0n) is 19.8. The van der Waals surface area contributed by atoms with E-state index in [1.807, 2.05) is 9.80 Å². The maximum Gasteiger partial charge on any atom is 0.320 e. The third-order valence-corrected chi connectivity index (χ3v) is 9.12. The van der Waals surface area contributed by atoms with Crippen LogP contribution in [0.4, 0.5) is 10.7 Å². The molecule has 9 heteroatoms. The number of aromatic nitrogens is 2. The molecule has 4 unspecified atom stereocenters. The summed E-state index contributed by atoms with van der Waals surface area (Å²) in [5, 5.41) is 13.9. The van der Waals surface area contributed by atoms with E-state index in [-0.39, 0.29) is 29.5 Å². The van der Waals surface area contributed by atoms with Crippen LogP contribution in [0.1, 0.15) is 44.9 Å². The lowest BCUT2D eigenvalue weighted by atomic mass is 9.48. The number of nitrogens with one attached hydrogen (secondary N) is 1. The van der Waals surface area contributed by atoms with Crippen LogP contribution in [-0.4, -0.2) is 88.2 Å². The van der Waals surface area contributed by atoms with E-state index in [0.717, 1.165) is 64.6 Å². The minimum atomic E-state index is -0.294. The molecule has 2 saturated heterocycles. The average Bonchev–Trinajstić information content (AvgIpc) is 2.87. The molecule has 2 N–H and O–H groups in total. The number of urea groups is 1. The summed E-state index contributed by atoms with van der Waals surface area (Å²) in [6.45, 7) is 4.09. The maximum atomic E-state index is 13.5. The normalized spacial score (nSPS) is 37.1. The number of piperidine rings is 1. The van der Waals surface area contributed by atoms with Crippen LogP contribution >= 0.6 is 0 Å². The lowest BCUT2D eigenvalue weighted by Gasteiger charge is -2.58. The Hall–Kier alpha value is -2.42. The van der Waals surface area contributed by atoms with Crippen molar-refractivity contribution in [1.29, 1.82) is 0 Å². The van der Waals surface area contributed by atoms with Crippen molar-refractivity contribution in [3.63, 3.8) is 0 Å². The minimum absolute atomic E-state index is 0.0159. The minimum Gasteiger partial charge on any atom is -0.393 e. The number of piperazine rings is 1. The molecule has 3 heterocycles. The van der Waals surface area contributed by atoms with Crippen LogP contribution in [0.25, 0.3) is 0 Å². The van der Waals surface area contributed by atoms with E-state index in [0.29, 0.717) is 43.3 Å². The summed E-state index contributed by atoms with van der Waals surface area (Å²) in [6.07, 6.45) is 9.91. The molecule has 6 aliphatic rings. The van der Waals surface area contributed by atoms with Gasteiger partial charge in [-0.1, -0.05) is 0 Å². The zero-order valence-corrected chi connectivity index (χ0v) is 19.8. The summed E-state index contributed by atoms with van der Waals surface area (Å²) < 4.78 is 0. The number of carbonyl (C=O) groups excluding carboxylic acids is 2. The summed E-state index contributed by atoms with van der Waals surface area (Å²) in [5.74, 6) is 2.07. The third-order valence-electron chi connectivity index (χ3n) is 9.12. The van der Waals surface area contributed by atoms with Gasteiger partial charge in [-0.3, -0.25) is 4.79 Å². The monoisotopic (exact) mass is 468 g/mol. The van der Waals surface area contributed by atoms with Crippen LogP contribution in [0.15, 0.2) is 18.5 Å². The Balaban J connectivity index is 1.04. The molecule has 4 aliphatic carbocycles. The van der Waals surface area contributed by atoms with Gasteiger partial charge in [0.05, 0.1) is 11.5 Å². The first-order chi connectivity index (χ1) is 16.5. The van der Waals surface area contributed by atoms with Gasteiger partial charge in [-0.25, -0.2) is 14.8 Å². The molecule has 2 aliphatic heterocycles. The SMILES string of the molecule is O=C(N1CCN(c2ncccn2)CC1)N1CCC[C@H](NC(=O)C23CC4CC(C2)C(O)[C@H](C4)C3)C1. The van der Waals surface area contributed by atoms with E-state index in [9.17, 15) is 14.7 Å². The first-order valence-corrected chi connectivity index (χ1v) is 13.1. The second-order valence-electron chi connectivity index (χ2n) is 11.3. The first-order valence-electron chi connectivity index (χ1n) is 13.1. The summed E-state index contributed by atoms with van der Waals surface area (Å²) in [4.78, 5) is 41.3. The second kappa shape index (κ2) is 8.66. The summed E-state index contributed by atoms with van der Waals surface area (Å²) in [6, 6.07) is 1.90. The molecular weight excluding hydrogens is 432 g/mol. The fourth-order valence-corrected chi connectivity index (χ4v) is 7.64. The van der Waals surface area contributed by atoms with Gasteiger partial charge in [0, 0.05) is 57.7 Å². The molecule has 1 aromatic heterocycles. The molecule has 184 valence electrons. The predicted octanol–water partition coefficient (Wildman–Crippen LogP) is 1.49. The Morgan fingerprint density at radius 1 is 0.971 bits per heavy atom. The largest absolute Gasteiger partial charge is 0.393 e. The van der Waals surface area contributed by atoms with Crippen molar-refractivity contribution in [3.8, 4) is 0 Å². The van der Waals surface area contributed by atoms with E-state index in [2.05, 4.69) is 20.2 Å². The smallest absolute Gasteiger partial charge is 0.320 e. The highest BCUT2D eigenvalue weighted by Gasteiger charge is 2.58. The average molecular weight is 469 g/mol. The number of nitrogens with zero attached hydrogens (tertiary/aromatic N) is 5. The summed E-state index contributed by atoms with van der Waals surface area (Å²) in [5.41, 5.74) is -0.294. The Bertz CT molecular complexity index is 904. The number of hydrogen-bond acceptors (Lipinski definition) is 6. The molecule has 6 fully saturated rings. The van der Waals surface area contributed by atoms with Gasteiger partial charge < -0.3 is 25.1 Å². The molecule has 3 amide bonds. The highest BCUT2D eigenvalue weighted by atomic mass is 16.3. The molecule has 34 heavy (non-hydrogen) atoms. The Morgan fingerprint density at radius 3 is 2.38 bits per heavy atom. The van der Waals surface area contributed by atoms with Gasteiger partial charge >= 0.3 is 6.03 Å². The van der Waals surface area contributed by atoms with Crippen LogP contribution in [-0.2, 0) is 4.79 Å². The van der Waals surface area contributed by atoms with E-state index in [1.165, 1.54) is 0 Å². The molecule has 0 spiro atoms. The number of likely N-dealkylation sites (tertiary alicyclic amines) is 1. The maximum absolute atomic E-state index is 13.5. The summed E-state index contributed by atoms with van der Waals surface area (Å²) >= 11 is 0. The van der Waals surface area contributed by atoms with Crippen molar-refractivity contribution in [2.45, 2.75) is 57.1 Å². The van der Waals surface area contributed by atoms with E-state index >= 15 is 0 Å². The number of rotatable bonds is 3. The van der Waals surface area contributed by atoms with Gasteiger partial charge in [-0.2, -0.15) is 0 Å². The van der Waals surface area contributed by atoms with Crippen molar-refractivity contribution in [2.75, 3.05) is 44.2 Å². The molecule has 4 bridgehead atoms. The Labute approximate surface area is 200 Å². The highest BCUT2D eigenvalue weighted by molar-refractivity contribution is 5.83. The molecular formula is C25H36N6O3. The zero-order chi connectivity index (χ0) is 23.3. The third kappa shape index (κ3) is 3.91. The molecule has 6 atom stereocenters. The van der Waals surface area contributed by atoms with Crippen LogP contribution in [0.2, 0.25) is 0 Å². The van der Waals surface area contributed by atoms with Crippen molar-refractivity contribution in [2.24, 2.45) is 23.2 Å². The van der Waals surface area contributed by atoms with Crippen LogP contribution in [0, 0.1) is 23.2 Å². The first kappa shape index (κ1) is 22.1. The second-order valence-corrected chi connectivity index (χ2v) is 11.3. The van der Waals surface area contributed by atoms with Crippen molar-refractivity contribution in [1.82, 2.24) is 25.1 Å². The van der Waals surface area contributed by atoms with Gasteiger partial charge in [-0.15, -0.1) is 0 Å². The number of aliphatic hydroxyl groups is 1. The fraction of sp³-hybridized carbons (Fsp3) is 0.760. The van der Waals surface area contributed by atoms with Crippen molar-refractivity contribution >= 4 is 17.9 Å². The number of amides is 3. The lowest BCUT2D eigenvalue weighted by Crippen LogP contribution is -2.61. The molecule has 9 nitrogen and oxygen atoms in total. The quantitative estimate of drug-likeness (QED) is 0.697. The fourth-order valence-electron chi connectivity index (χ4n) is 7.64. The van der Waals surface area contributed by atoms with Gasteiger partial charge in [0.1, 0.15) is 0 Å². The van der Waals surface area contributed by atoms with Crippen LogP contribution in [0.5, 0.6) is 0 Å². The molecule has 0 radical (unpaired) electrons. The van der Waals surface area contributed by atoms with Gasteiger partial charge in [0.15, 0.2) is 0 Å². The van der Waals surface area contributed by atoms with Crippen LogP contribution in [0.3, 0.4) is 0 Å². The summed E-state index contributed by atoms with van der Waals surface area (Å²) in [7, 11) is 0. The van der Waals surface area contributed by atoms with Gasteiger partial charge in [0.25, 0.3) is 0 Å². The number of anilines is 1. The van der Waals surface area contributed by atoms with E-state index in [1.54, 1.807) is 18.5 Å². The number of carbonyl (C=O) groups is 2. The lowest BCUT2D eigenvalue weighted by molar-refractivity contribution is -0.163. The van der Waals surface area contributed by atoms with E-state index in [4.69, 9.17) is 0 Å².